The number of carbonyl (C=O) groups excluding carboxylic acids is 3. The van der Waals surface area contributed by atoms with E-state index >= 15 is 0 Å². The van der Waals surface area contributed by atoms with Crippen LogP contribution in [0.15, 0.2) is 42.5 Å². The summed E-state index contributed by atoms with van der Waals surface area (Å²) in [6.45, 7) is 14.2. The van der Waals surface area contributed by atoms with E-state index in [1.807, 2.05) is 39.0 Å². The Labute approximate surface area is 239 Å². The third-order valence-corrected chi connectivity index (χ3v) is 6.51. The van der Waals surface area contributed by atoms with Gasteiger partial charge in [-0.1, -0.05) is 62.6 Å². The summed E-state index contributed by atoms with van der Waals surface area (Å²) in [5.74, 6) is -0.511. The third kappa shape index (κ3) is 10.2. The first kappa shape index (κ1) is 32.7. The summed E-state index contributed by atoms with van der Waals surface area (Å²) in [5.41, 5.74) is 2.73. The summed E-state index contributed by atoms with van der Waals surface area (Å²) in [6, 6.07) is 10.5. The number of aromatic hydroxyl groups is 1. The van der Waals surface area contributed by atoms with Crippen LogP contribution < -0.4 is 10.6 Å². The van der Waals surface area contributed by atoms with Crippen molar-refractivity contribution in [1.29, 1.82) is 0 Å². The zero-order valence-electron chi connectivity index (χ0n) is 25.2. The van der Waals surface area contributed by atoms with Crippen molar-refractivity contribution in [2.24, 2.45) is 0 Å². The van der Waals surface area contributed by atoms with Crippen LogP contribution in [-0.2, 0) is 20.7 Å². The maximum absolute atomic E-state index is 14.4. The Morgan fingerprint density at radius 3 is 2.20 bits per heavy atom. The molecule has 40 heavy (non-hydrogen) atoms. The zero-order valence-corrected chi connectivity index (χ0v) is 25.2. The van der Waals surface area contributed by atoms with Gasteiger partial charge in [0.15, 0.2) is 0 Å². The van der Waals surface area contributed by atoms with Crippen molar-refractivity contribution in [2.75, 3.05) is 13.1 Å². The fourth-order valence-corrected chi connectivity index (χ4v) is 4.48. The fraction of sp³-hybridized carbons (Fsp3) is 0.531. The van der Waals surface area contributed by atoms with Crippen LogP contribution in [0.5, 0.6) is 5.75 Å². The van der Waals surface area contributed by atoms with Crippen LogP contribution in [0.4, 0.5) is 4.79 Å². The number of benzene rings is 2. The Balaban J connectivity index is 2.56. The third-order valence-electron chi connectivity index (χ3n) is 6.51. The van der Waals surface area contributed by atoms with Crippen LogP contribution in [0.1, 0.15) is 88.6 Å². The molecule has 2 aromatic rings. The van der Waals surface area contributed by atoms with E-state index in [1.54, 1.807) is 49.9 Å². The SMILES string of the molecule is CCCCNC(=O)C(c1ccc(C)cc1C)N(CCCC)C(=O)C(Cc1ccc(O)cc1)NC(=O)OC(C)(C)C. The minimum atomic E-state index is -0.993. The molecule has 0 aromatic heterocycles. The van der Waals surface area contributed by atoms with Crippen molar-refractivity contribution in [3.63, 3.8) is 0 Å². The molecule has 3 N–H and O–H groups in total. The molecular formula is C32H47N3O5. The molecule has 2 atom stereocenters. The van der Waals surface area contributed by atoms with Crippen LogP contribution >= 0.6 is 0 Å². The van der Waals surface area contributed by atoms with E-state index in [1.165, 1.54) is 0 Å². The van der Waals surface area contributed by atoms with Crippen LogP contribution in [-0.4, -0.2) is 52.6 Å². The Hall–Kier alpha value is -3.55. The second kappa shape index (κ2) is 15.3. The van der Waals surface area contributed by atoms with Gasteiger partial charge in [0.25, 0.3) is 0 Å². The van der Waals surface area contributed by atoms with Gasteiger partial charge < -0.3 is 25.4 Å². The monoisotopic (exact) mass is 553 g/mol. The van der Waals surface area contributed by atoms with Gasteiger partial charge in [-0.25, -0.2) is 4.79 Å². The highest BCUT2D eigenvalue weighted by atomic mass is 16.6. The molecule has 0 spiro atoms. The van der Waals surface area contributed by atoms with E-state index < -0.39 is 23.8 Å². The number of alkyl carbamates (subject to hydrolysis) is 1. The molecular weight excluding hydrogens is 506 g/mol. The Morgan fingerprint density at radius 1 is 0.975 bits per heavy atom. The molecule has 0 saturated heterocycles. The average molecular weight is 554 g/mol. The van der Waals surface area contributed by atoms with Crippen molar-refractivity contribution in [2.45, 2.75) is 98.3 Å². The van der Waals surface area contributed by atoms with Crippen LogP contribution in [0, 0.1) is 13.8 Å². The maximum atomic E-state index is 14.4. The number of amides is 3. The fourth-order valence-electron chi connectivity index (χ4n) is 4.48. The molecule has 2 aromatic carbocycles. The molecule has 8 nitrogen and oxygen atoms in total. The highest BCUT2D eigenvalue weighted by Gasteiger charge is 2.36. The number of nitrogens with zero attached hydrogens (tertiary/aromatic N) is 1. The molecule has 0 aliphatic rings. The molecule has 0 fully saturated rings. The van der Waals surface area contributed by atoms with Crippen molar-refractivity contribution in [1.82, 2.24) is 15.5 Å². The lowest BCUT2D eigenvalue weighted by molar-refractivity contribution is -0.142. The van der Waals surface area contributed by atoms with E-state index in [0.29, 0.717) is 19.5 Å². The number of aryl methyl sites for hydroxylation is 2. The van der Waals surface area contributed by atoms with E-state index in [9.17, 15) is 19.5 Å². The van der Waals surface area contributed by atoms with Gasteiger partial charge in [0.05, 0.1) is 0 Å². The summed E-state index contributed by atoms with van der Waals surface area (Å²) in [7, 11) is 0. The number of ether oxygens (including phenoxy) is 1. The molecule has 8 heteroatoms. The molecule has 0 heterocycles. The van der Waals surface area contributed by atoms with Gasteiger partial charge in [-0.3, -0.25) is 9.59 Å². The van der Waals surface area contributed by atoms with Gasteiger partial charge >= 0.3 is 6.09 Å². The zero-order chi connectivity index (χ0) is 29.9. The van der Waals surface area contributed by atoms with Gasteiger partial charge in [0.2, 0.25) is 11.8 Å². The van der Waals surface area contributed by atoms with Gasteiger partial charge in [0.1, 0.15) is 23.4 Å². The number of rotatable bonds is 13. The smallest absolute Gasteiger partial charge is 0.408 e. The van der Waals surface area contributed by atoms with Crippen molar-refractivity contribution in [3.05, 3.63) is 64.7 Å². The highest BCUT2D eigenvalue weighted by Crippen LogP contribution is 2.27. The van der Waals surface area contributed by atoms with Crippen LogP contribution in [0.25, 0.3) is 0 Å². The number of nitrogens with one attached hydrogen (secondary N) is 2. The molecule has 0 radical (unpaired) electrons. The second-order valence-corrected chi connectivity index (χ2v) is 11.4. The first-order valence-electron chi connectivity index (χ1n) is 14.3. The van der Waals surface area contributed by atoms with Crippen LogP contribution in [0.2, 0.25) is 0 Å². The number of phenolic OH excluding ortho intramolecular Hbond substituents is 1. The van der Waals surface area contributed by atoms with Gasteiger partial charge in [-0.2, -0.15) is 0 Å². The first-order valence-corrected chi connectivity index (χ1v) is 14.3. The first-order chi connectivity index (χ1) is 18.9. The second-order valence-electron chi connectivity index (χ2n) is 11.4. The molecule has 2 rings (SSSR count). The minimum absolute atomic E-state index is 0.106. The summed E-state index contributed by atoms with van der Waals surface area (Å²) in [6.07, 6.45) is 2.73. The lowest BCUT2D eigenvalue weighted by atomic mass is 9.95. The Morgan fingerprint density at radius 2 is 1.62 bits per heavy atom. The molecule has 0 bridgehead atoms. The number of unbranched alkanes of at least 4 members (excludes halogenated alkanes) is 2. The van der Waals surface area contributed by atoms with Crippen molar-refractivity contribution < 1.29 is 24.2 Å². The topological polar surface area (TPSA) is 108 Å². The summed E-state index contributed by atoms with van der Waals surface area (Å²) in [4.78, 5) is 42.6. The summed E-state index contributed by atoms with van der Waals surface area (Å²) in [5, 5.41) is 15.5. The Bertz CT molecular complexity index is 1120. The number of hydrogen-bond donors (Lipinski definition) is 3. The molecule has 2 unspecified atom stereocenters. The quantitative estimate of drug-likeness (QED) is 0.275. The maximum Gasteiger partial charge on any atom is 0.408 e. The van der Waals surface area contributed by atoms with E-state index in [0.717, 1.165) is 41.5 Å². The average Bonchev–Trinajstić information content (AvgIpc) is 2.86. The summed E-state index contributed by atoms with van der Waals surface area (Å²) < 4.78 is 5.49. The number of carbonyl (C=O) groups is 3. The largest absolute Gasteiger partial charge is 0.508 e. The Kier molecular flexibility index (Phi) is 12.5. The van der Waals surface area contributed by atoms with Gasteiger partial charge in [-0.15, -0.1) is 0 Å². The summed E-state index contributed by atoms with van der Waals surface area (Å²) >= 11 is 0. The van der Waals surface area contributed by atoms with Crippen LogP contribution in [0.3, 0.4) is 0 Å². The minimum Gasteiger partial charge on any atom is -0.508 e. The van der Waals surface area contributed by atoms with Crippen molar-refractivity contribution in [3.8, 4) is 5.75 Å². The predicted molar refractivity (Wildman–Crippen MR) is 158 cm³/mol. The molecule has 0 aliphatic heterocycles. The van der Waals surface area contributed by atoms with Gasteiger partial charge in [-0.05, 0) is 76.3 Å². The molecule has 3 amide bonds. The number of hydrogen-bond acceptors (Lipinski definition) is 5. The molecule has 0 aliphatic carbocycles. The van der Waals surface area contributed by atoms with E-state index in [2.05, 4.69) is 17.6 Å². The lowest BCUT2D eigenvalue weighted by Gasteiger charge is -2.35. The van der Waals surface area contributed by atoms with Crippen molar-refractivity contribution >= 4 is 17.9 Å². The van der Waals surface area contributed by atoms with Gasteiger partial charge in [0, 0.05) is 19.5 Å². The molecule has 220 valence electrons. The molecule has 0 saturated carbocycles. The highest BCUT2D eigenvalue weighted by molar-refractivity contribution is 5.92. The normalized spacial score (nSPS) is 12.8. The standard InChI is InChI=1S/C32H47N3O5/c1-8-10-18-33-29(37)28(26-17-12-22(3)20-23(26)4)35(19-11-9-2)30(38)27(34-31(39)40-32(5,6)7)21-24-13-15-25(36)16-14-24/h12-17,20,27-28,36H,8-11,18-19,21H2,1-7H3,(H,33,37)(H,34,39). The van der Waals surface area contributed by atoms with E-state index in [-0.39, 0.29) is 24.0 Å². The van der Waals surface area contributed by atoms with E-state index in [4.69, 9.17) is 4.74 Å². The number of phenols is 1. The lowest BCUT2D eigenvalue weighted by Crippen LogP contribution is -2.54. The predicted octanol–water partition coefficient (Wildman–Crippen LogP) is 5.73.